The molecule has 2 aliphatic heterocycles. The van der Waals surface area contributed by atoms with Gasteiger partial charge in [0.15, 0.2) is 0 Å². The molecular formula is C27H32FN5O3. The number of carbonyl (C=O) groups excluding carboxylic acids is 1. The van der Waals surface area contributed by atoms with Crippen molar-refractivity contribution in [1.82, 2.24) is 24.3 Å². The molecule has 0 radical (unpaired) electrons. The number of carboxylic acids is 1. The highest BCUT2D eigenvalue weighted by molar-refractivity contribution is 5.84. The van der Waals surface area contributed by atoms with Gasteiger partial charge in [0.1, 0.15) is 11.5 Å². The van der Waals surface area contributed by atoms with Crippen molar-refractivity contribution in [3.63, 3.8) is 0 Å². The number of nitrogens with zero attached hydrogens (tertiary/aromatic N) is 5. The van der Waals surface area contributed by atoms with Gasteiger partial charge >= 0.3 is 5.97 Å². The van der Waals surface area contributed by atoms with E-state index in [1.165, 1.54) is 11.6 Å². The van der Waals surface area contributed by atoms with Gasteiger partial charge in [0, 0.05) is 55.5 Å². The highest BCUT2D eigenvalue weighted by Gasteiger charge is 2.34. The van der Waals surface area contributed by atoms with Crippen molar-refractivity contribution in [2.24, 2.45) is 0 Å². The molecule has 0 spiro atoms. The van der Waals surface area contributed by atoms with Crippen LogP contribution in [0.1, 0.15) is 30.7 Å². The fourth-order valence-electron chi connectivity index (χ4n) is 5.82. The average molecular weight is 494 g/mol. The Morgan fingerprint density at radius 3 is 2.61 bits per heavy atom. The minimum absolute atomic E-state index is 0.0231. The molecule has 2 aliphatic rings. The molecule has 8 nitrogen and oxygen atoms in total. The summed E-state index contributed by atoms with van der Waals surface area (Å²) in [5.41, 5.74) is 3.98. The van der Waals surface area contributed by atoms with Crippen LogP contribution in [-0.4, -0.2) is 86.0 Å². The number of aromatic nitrogens is 2. The molecular weight excluding hydrogens is 461 g/mol. The summed E-state index contributed by atoms with van der Waals surface area (Å²) < 4.78 is 16.0. The van der Waals surface area contributed by atoms with E-state index >= 15 is 0 Å². The lowest BCUT2D eigenvalue weighted by molar-refractivity contribution is -0.141. The molecule has 1 aromatic carbocycles. The van der Waals surface area contributed by atoms with Gasteiger partial charge in [-0.05, 0) is 55.7 Å². The van der Waals surface area contributed by atoms with Crippen LogP contribution in [0.25, 0.3) is 11.0 Å². The summed E-state index contributed by atoms with van der Waals surface area (Å²) in [4.78, 5) is 35.2. The van der Waals surface area contributed by atoms with Crippen molar-refractivity contribution < 1.29 is 19.1 Å². The van der Waals surface area contributed by atoms with Gasteiger partial charge in [-0.15, -0.1) is 0 Å². The Morgan fingerprint density at radius 1 is 1.11 bits per heavy atom. The molecule has 0 unspecified atom stereocenters. The number of carbonyl (C=O) groups is 2. The molecule has 1 N–H and O–H groups in total. The molecule has 1 amide bonds. The number of carboxylic acid groups (broad SMARTS) is 1. The number of amides is 1. The quantitative estimate of drug-likeness (QED) is 0.569. The minimum Gasteiger partial charge on any atom is -0.480 e. The Labute approximate surface area is 209 Å². The van der Waals surface area contributed by atoms with Gasteiger partial charge in [0.2, 0.25) is 5.91 Å². The highest BCUT2D eigenvalue weighted by Crippen LogP contribution is 2.31. The first-order valence-electron chi connectivity index (χ1n) is 12.5. The van der Waals surface area contributed by atoms with E-state index in [9.17, 15) is 14.0 Å². The number of fused-ring (bicyclic) bond motifs is 3. The van der Waals surface area contributed by atoms with E-state index in [2.05, 4.69) is 34.4 Å². The molecule has 0 saturated carbocycles. The Bertz CT molecular complexity index is 1280. The van der Waals surface area contributed by atoms with Crippen LogP contribution >= 0.6 is 0 Å². The fourth-order valence-corrected chi connectivity index (χ4v) is 5.82. The third kappa shape index (κ3) is 4.85. The molecule has 4 heterocycles. The smallest absolute Gasteiger partial charge is 0.317 e. The van der Waals surface area contributed by atoms with Crippen LogP contribution in [-0.2, 0) is 29.1 Å². The van der Waals surface area contributed by atoms with Crippen molar-refractivity contribution in [2.45, 2.75) is 45.4 Å². The summed E-state index contributed by atoms with van der Waals surface area (Å²) in [6.07, 6.45) is 2.52. The second-order valence-electron chi connectivity index (χ2n) is 10.0. The van der Waals surface area contributed by atoms with Gasteiger partial charge in [-0.1, -0.05) is 12.1 Å². The molecule has 1 saturated heterocycles. The summed E-state index contributed by atoms with van der Waals surface area (Å²) in [6.45, 7) is 7.30. The molecule has 190 valence electrons. The second-order valence-corrected chi connectivity index (χ2v) is 10.0. The Balaban J connectivity index is 1.35. The third-order valence-corrected chi connectivity index (χ3v) is 7.45. The average Bonchev–Trinajstić information content (AvgIpc) is 3.14. The number of hydrogen-bond donors (Lipinski definition) is 1. The van der Waals surface area contributed by atoms with Crippen LogP contribution in [0, 0.1) is 5.82 Å². The van der Waals surface area contributed by atoms with E-state index in [-0.39, 0.29) is 30.4 Å². The van der Waals surface area contributed by atoms with E-state index in [1.54, 1.807) is 18.3 Å². The van der Waals surface area contributed by atoms with Gasteiger partial charge < -0.3 is 14.6 Å². The molecule has 2 aromatic heterocycles. The Morgan fingerprint density at radius 2 is 1.89 bits per heavy atom. The topological polar surface area (TPSA) is 81.9 Å². The molecule has 36 heavy (non-hydrogen) atoms. The lowest BCUT2D eigenvalue weighted by atomic mass is 10.0. The van der Waals surface area contributed by atoms with Gasteiger partial charge in [-0.2, -0.15) is 0 Å². The standard InChI is InChI=1S/C27H32FN5O3/c1-18-12-30(17-26(35)36)13-19(2)32(18)16-25(34)31-10-8-22-23-7-4-9-29-27(23)33(24(22)15-31)14-20-5-3-6-21(28)11-20/h3-7,9,11,18-19H,8,10,12-17H2,1-2H3,(H,35,36)/t18-,19+. The normalized spacial score (nSPS) is 21.0. The van der Waals surface area contributed by atoms with Gasteiger partial charge in [-0.3, -0.25) is 19.4 Å². The van der Waals surface area contributed by atoms with Gasteiger partial charge in [-0.25, -0.2) is 9.37 Å². The summed E-state index contributed by atoms with van der Waals surface area (Å²) >= 11 is 0. The van der Waals surface area contributed by atoms with Crippen LogP contribution in [0.3, 0.4) is 0 Å². The number of halogens is 1. The first kappa shape index (κ1) is 24.4. The van der Waals surface area contributed by atoms with E-state index < -0.39 is 5.97 Å². The predicted octanol–water partition coefficient (Wildman–Crippen LogP) is 2.59. The van der Waals surface area contributed by atoms with Crippen molar-refractivity contribution in [3.8, 4) is 0 Å². The molecule has 5 rings (SSSR count). The summed E-state index contributed by atoms with van der Waals surface area (Å²) in [5, 5.41) is 10.2. The number of rotatable bonds is 6. The lowest BCUT2D eigenvalue weighted by Gasteiger charge is -2.44. The lowest BCUT2D eigenvalue weighted by Crippen LogP contribution is -2.59. The van der Waals surface area contributed by atoms with Gasteiger partial charge in [0.05, 0.1) is 19.6 Å². The molecule has 9 heteroatoms. The number of benzene rings is 1. The second kappa shape index (κ2) is 9.99. The van der Waals surface area contributed by atoms with Crippen molar-refractivity contribution in [3.05, 3.63) is 65.2 Å². The highest BCUT2D eigenvalue weighted by atomic mass is 19.1. The predicted molar refractivity (Wildman–Crippen MR) is 134 cm³/mol. The van der Waals surface area contributed by atoms with Crippen molar-refractivity contribution in [2.75, 3.05) is 32.7 Å². The maximum Gasteiger partial charge on any atom is 0.317 e. The van der Waals surface area contributed by atoms with Gasteiger partial charge in [0.25, 0.3) is 0 Å². The SMILES string of the molecule is C[C@@H]1CN(CC(=O)O)C[C@H](C)N1CC(=O)N1CCc2c(n(Cc3cccc(F)c3)c3ncccc23)C1. The van der Waals surface area contributed by atoms with E-state index in [4.69, 9.17) is 5.11 Å². The first-order chi connectivity index (χ1) is 17.3. The number of aliphatic carboxylic acids is 1. The van der Waals surface area contributed by atoms with E-state index in [0.29, 0.717) is 39.3 Å². The Kier molecular flexibility index (Phi) is 6.77. The molecule has 3 aromatic rings. The van der Waals surface area contributed by atoms with Crippen LogP contribution in [0.15, 0.2) is 42.6 Å². The van der Waals surface area contributed by atoms with Crippen LogP contribution in [0.4, 0.5) is 4.39 Å². The Hall–Kier alpha value is -3.30. The summed E-state index contributed by atoms with van der Waals surface area (Å²) in [7, 11) is 0. The molecule has 0 bridgehead atoms. The van der Waals surface area contributed by atoms with Crippen LogP contribution in [0.5, 0.6) is 0 Å². The third-order valence-electron chi connectivity index (χ3n) is 7.45. The number of hydrogen-bond acceptors (Lipinski definition) is 5. The zero-order chi connectivity index (χ0) is 25.4. The maximum absolute atomic E-state index is 13.9. The summed E-state index contributed by atoms with van der Waals surface area (Å²) in [6, 6.07) is 10.8. The zero-order valence-corrected chi connectivity index (χ0v) is 20.7. The number of piperazine rings is 1. The molecule has 1 fully saturated rings. The monoisotopic (exact) mass is 493 g/mol. The minimum atomic E-state index is -0.828. The van der Waals surface area contributed by atoms with E-state index in [1.807, 2.05) is 21.9 Å². The molecule has 2 atom stereocenters. The van der Waals surface area contributed by atoms with E-state index in [0.717, 1.165) is 28.7 Å². The zero-order valence-electron chi connectivity index (χ0n) is 20.7. The first-order valence-corrected chi connectivity index (χ1v) is 12.5. The van der Waals surface area contributed by atoms with Crippen molar-refractivity contribution >= 4 is 22.9 Å². The largest absolute Gasteiger partial charge is 0.480 e. The van der Waals surface area contributed by atoms with Crippen LogP contribution < -0.4 is 0 Å². The van der Waals surface area contributed by atoms with Crippen LogP contribution in [0.2, 0.25) is 0 Å². The molecule has 0 aliphatic carbocycles. The van der Waals surface area contributed by atoms with Crippen molar-refractivity contribution in [1.29, 1.82) is 0 Å². The fraction of sp³-hybridized carbons (Fsp3) is 0.444. The summed E-state index contributed by atoms with van der Waals surface area (Å²) in [5.74, 6) is -1.03. The number of pyridine rings is 1. The maximum atomic E-state index is 13.9.